The van der Waals surface area contributed by atoms with Gasteiger partial charge in [-0.3, -0.25) is 9.78 Å². The van der Waals surface area contributed by atoms with Crippen LogP contribution in [0.2, 0.25) is 0 Å². The Kier molecular flexibility index (Phi) is 4.66. The molecule has 1 amide bonds. The molecule has 1 aromatic heterocycles. The van der Waals surface area contributed by atoms with Crippen molar-refractivity contribution in [1.29, 1.82) is 0 Å². The molecule has 21 heavy (non-hydrogen) atoms. The first-order chi connectivity index (χ1) is 10.1. The summed E-state index contributed by atoms with van der Waals surface area (Å²) in [6, 6.07) is 8.76. The molecule has 108 valence electrons. The molecule has 0 aliphatic carbocycles. The van der Waals surface area contributed by atoms with Crippen molar-refractivity contribution in [1.82, 2.24) is 4.98 Å². The van der Waals surface area contributed by atoms with E-state index >= 15 is 0 Å². The predicted octanol–water partition coefficient (Wildman–Crippen LogP) is 2.36. The monoisotopic (exact) mass is 284 g/mol. The molecule has 0 bridgehead atoms. The van der Waals surface area contributed by atoms with E-state index in [1.807, 2.05) is 13.0 Å². The van der Waals surface area contributed by atoms with Crippen molar-refractivity contribution in [2.24, 2.45) is 0 Å². The van der Waals surface area contributed by atoms with Crippen molar-refractivity contribution in [2.75, 3.05) is 12.4 Å². The lowest BCUT2D eigenvalue weighted by molar-refractivity contribution is -0.115. The summed E-state index contributed by atoms with van der Waals surface area (Å²) in [6.07, 6.45) is 3.49. The molecule has 0 saturated carbocycles. The van der Waals surface area contributed by atoms with E-state index in [9.17, 15) is 9.59 Å². The normalized spacial score (nSPS) is 10.0. The molecule has 0 radical (unpaired) electrons. The molecule has 0 aliphatic heterocycles. The molecule has 0 fully saturated rings. The largest absolute Gasteiger partial charge is 0.465 e. The minimum atomic E-state index is -0.474. The number of aryl methyl sites for hydroxylation is 1. The molecule has 0 unspecified atom stereocenters. The van der Waals surface area contributed by atoms with E-state index in [0.29, 0.717) is 11.3 Å². The van der Waals surface area contributed by atoms with Crippen LogP contribution in [0.4, 0.5) is 5.69 Å². The standard InChI is InChI=1S/C16H16N2O3/c1-11-3-4-14(13(9-11)16(20)21-2)18-15(19)10-12-5-7-17-8-6-12/h3-9H,10H2,1-2H3,(H,18,19). The molecule has 2 rings (SSSR count). The van der Waals surface area contributed by atoms with Crippen LogP contribution in [0.15, 0.2) is 42.7 Å². The van der Waals surface area contributed by atoms with Crippen LogP contribution in [-0.2, 0) is 16.0 Å². The van der Waals surface area contributed by atoms with Crippen LogP contribution in [0.3, 0.4) is 0 Å². The van der Waals surface area contributed by atoms with E-state index in [4.69, 9.17) is 4.74 Å². The number of nitrogens with one attached hydrogen (secondary N) is 1. The molecule has 0 aliphatic rings. The van der Waals surface area contributed by atoms with Gasteiger partial charge < -0.3 is 10.1 Å². The van der Waals surface area contributed by atoms with E-state index in [2.05, 4.69) is 10.3 Å². The molecule has 0 spiro atoms. The number of hydrogen-bond donors (Lipinski definition) is 1. The Morgan fingerprint density at radius 1 is 1.19 bits per heavy atom. The maximum Gasteiger partial charge on any atom is 0.339 e. The highest BCUT2D eigenvalue weighted by Crippen LogP contribution is 2.18. The van der Waals surface area contributed by atoms with E-state index in [1.165, 1.54) is 7.11 Å². The topological polar surface area (TPSA) is 68.3 Å². The quantitative estimate of drug-likeness (QED) is 0.875. The Morgan fingerprint density at radius 2 is 1.90 bits per heavy atom. The van der Waals surface area contributed by atoms with Crippen molar-refractivity contribution < 1.29 is 14.3 Å². The minimum absolute atomic E-state index is 0.199. The number of aromatic nitrogens is 1. The molecule has 1 aromatic carbocycles. The second-order valence-corrected chi connectivity index (χ2v) is 4.62. The molecule has 2 aromatic rings. The van der Waals surface area contributed by atoms with Gasteiger partial charge in [-0.15, -0.1) is 0 Å². The second-order valence-electron chi connectivity index (χ2n) is 4.62. The number of benzene rings is 1. The third-order valence-corrected chi connectivity index (χ3v) is 2.97. The zero-order valence-electron chi connectivity index (χ0n) is 11.9. The third-order valence-electron chi connectivity index (χ3n) is 2.97. The summed E-state index contributed by atoms with van der Waals surface area (Å²) in [5, 5.41) is 2.74. The summed E-state index contributed by atoms with van der Waals surface area (Å²) < 4.78 is 4.73. The van der Waals surface area contributed by atoms with Crippen LogP contribution < -0.4 is 5.32 Å². The number of hydrogen-bond acceptors (Lipinski definition) is 4. The van der Waals surface area contributed by atoms with E-state index in [0.717, 1.165) is 11.1 Å². The smallest absolute Gasteiger partial charge is 0.339 e. The molecule has 5 heteroatoms. The molecular formula is C16H16N2O3. The van der Waals surface area contributed by atoms with Crippen LogP contribution in [0, 0.1) is 6.92 Å². The summed E-state index contributed by atoms with van der Waals surface area (Å²) >= 11 is 0. The second kappa shape index (κ2) is 6.65. The molecular weight excluding hydrogens is 268 g/mol. The Hall–Kier alpha value is -2.69. The van der Waals surface area contributed by atoms with Gasteiger partial charge in [0, 0.05) is 12.4 Å². The lowest BCUT2D eigenvalue weighted by Gasteiger charge is -2.10. The van der Waals surface area contributed by atoms with Gasteiger partial charge in [0.2, 0.25) is 5.91 Å². The van der Waals surface area contributed by atoms with Crippen LogP contribution in [0.25, 0.3) is 0 Å². The molecule has 5 nitrogen and oxygen atoms in total. The number of nitrogens with zero attached hydrogens (tertiary/aromatic N) is 1. The number of methoxy groups -OCH3 is 1. The highest BCUT2D eigenvalue weighted by molar-refractivity contribution is 6.01. The van der Waals surface area contributed by atoms with E-state index in [-0.39, 0.29) is 12.3 Å². The fourth-order valence-electron chi connectivity index (χ4n) is 1.93. The minimum Gasteiger partial charge on any atom is -0.465 e. The lowest BCUT2D eigenvalue weighted by Crippen LogP contribution is -2.17. The summed E-state index contributed by atoms with van der Waals surface area (Å²) in [5.41, 5.74) is 2.57. The molecule has 1 N–H and O–H groups in total. The van der Waals surface area contributed by atoms with Gasteiger partial charge in [-0.25, -0.2) is 4.79 Å². The van der Waals surface area contributed by atoms with Crippen molar-refractivity contribution in [3.8, 4) is 0 Å². The summed E-state index contributed by atoms with van der Waals surface area (Å²) in [5.74, 6) is -0.673. The van der Waals surface area contributed by atoms with Crippen molar-refractivity contribution >= 4 is 17.6 Å². The molecule has 0 atom stereocenters. The predicted molar refractivity (Wildman–Crippen MR) is 79.1 cm³/mol. The van der Waals surface area contributed by atoms with Gasteiger partial charge in [0.1, 0.15) is 0 Å². The van der Waals surface area contributed by atoms with Gasteiger partial charge in [-0.2, -0.15) is 0 Å². The number of carbonyl (C=O) groups is 2. The van der Waals surface area contributed by atoms with Gasteiger partial charge >= 0.3 is 5.97 Å². The zero-order chi connectivity index (χ0) is 15.2. The zero-order valence-corrected chi connectivity index (χ0v) is 11.9. The van der Waals surface area contributed by atoms with Crippen molar-refractivity contribution in [3.05, 3.63) is 59.4 Å². The Balaban J connectivity index is 2.15. The van der Waals surface area contributed by atoms with Gasteiger partial charge in [0.25, 0.3) is 0 Å². The first-order valence-electron chi connectivity index (χ1n) is 6.48. The number of esters is 1. The Labute approximate surface area is 123 Å². The number of anilines is 1. The number of rotatable bonds is 4. The van der Waals surface area contributed by atoms with E-state index < -0.39 is 5.97 Å². The van der Waals surface area contributed by atoms with Gasteiger partial charge in [0.15, 0.2) is 0 Å². The average Bonchev–Trinajstić information content (AvgIpc) is 2.49. The van der Waals surface area contributed by atoms with Crippen molar-refractivity contribution in [2.45, 2.75) is 13.3 Å². The van der Waals surface area contributed by atoms with Crippen LogP contribution in [-0.4, -0.2) is 24.0 Å². The fourth-order valence-corrected chi connectivity index (χ4v) is 1.93. The number of pyridine rings is 1. The van der Waals surface area contributed by atoms with Crippen LogP contribution in [0.5, 0.6) is 0 Å². The fraction of sp³-hybridized carbons (Fsp3) is 0.188. The number of carbonyl (C=O) groups excluding carboxylic acids is 2. The number of ether oxygens (including phenoxy) is 1. The Bertz CT molecular complexity index is 654. The number of amides is 1. The van der Waals surface area contributed by atoms with Gasteiger partial charge in [0.05, 0.1) is 24.8 Å². The summed E-state index contributed by atoms with van der Waals surface area (Å²) in [6.45, 7) is 1.87. The highest BCUT2D eigenvalue weighted by Gasteiger charge is 2.14. The van der Waals surface area contributed by atoms with Crippen LogP contribution >= 0.6 is 0 Å². The maximum absolute atomic E-state index is 12.0. The highest BCUT2D eigenvalue weighted by atomic mass is 16.5. The molecule has 1 heterocycles. The van der Waals surface area contributed by atoms with Gasteiger partial charge in [-0.05, 0) is 36.8 Å². The molecule has 0 saturated heterocycles. The first kappa shape index (κ1) is 14.7. The van der Waals surface area contributed by atoms with Crippen LogP contribution in [0.1, 0.15) is 21.5 Å². The SMILES string of the molecule is COC(=O)c1cc(C)ccc1NC(=O)Cc1ccncc1. The Morgan fingerprint density at radius 3 is 2.57 bits per heavy atom. The first-order valence-corrected chi connectivity index (χ1v) is 6.48. The van der Waals surface area contributed by atoms with Crippen molar-refractivity contribution in [3.63, 3.8) is 0 Å². The van der Waals surface area contributed by atoms with Gasteiger partial charge in [-0.1, -0.05) is 11.6 Å². The third kappa shape index (κ3) is 3.89. The van der Waals surface area contributed by atoms with E-state index in [1.54, 1.807) is 36.7 Å². The summed E-state index contributed by atoms with van der Waals surface area (Å²) in [4.78, 5) is 27.7. The lowest BCUT2D eigenvalue weighted by atomic mass is 10.1. The summed E-state index contributed by atoms with van der Waals surface area (Å²) in [7, 11) is 1.31. The average molecular weight is 284 g/mol. The maximum atomic E-state index is 12.0.